The molecule has 1 heterocycles. The van der Waals surface area contributed by atoms with Gasteiger partial charge in [0.2, 0.25) is 5.95 Å². The summed E-state index contributed by atoms with van der Waals surface area (Å²) in [6.45, 7) is 0. The van der Waals surface area contributed by atoms with Crippen LogP contribution in [-0.2, 0) is 0 Å². The van der Waals surface area contributed by atoms with Crippen LogP contribution in [0.5, 0.6) is 0 Å². The van der Waals surface area contributed by atoms with Crippen LogP contribution < -0.4 is 5.73 Å². The predicted molar refractivity (Wildman–Crippen MR) is 81.9 cm³/mol. The molecule has 7 heteroatoms. The number of rotatable bonds is 2. The molecule has 0 aliphatic heterocycles. The van der Waals surface area contributed by atoms with Crippen LogP contribution in [0.1, 0.15) is 0 Å². The second-order valence-corrected chi connectivity index (χ2v) is 5.98. The number of benzene rings is 1. The molecule has 0 aliphatic carbocycles. The Labute approximate surface area is 125 Å². The van der Waals surface area contributed by atoms with Gasteiger partial charge in [-0.2, -0.15) is 9.97 Å². The van der Waals surface area contributed by atoms with E-state index in [-0.39, 0.29) is 5.95 Å². The molecule has 0 radical (unpaired) electrons. The second-order valence-electron chi connectivity index (χ2n) is 3.13. The van der Waals surface area contributed by atoms with Crippen LogP contribution in [0.2, 0.25) is 0 Å². The molecule has 0 unspecified atom stereocenters. The van der Waals surface area contributed by atoms with Crippen LogP contribution in [0, 0.1) is 3.57 Å². The maximum Gasteiger partial charge on any atom is 0.224 e. The van der Waals surface area contributed by atoms with E-state index in [1.54, 1.807) is 0 Å². The highest BCUT2D eigenvalue weighted by Crippen LogP contribution is 2.27. The maximum absolute atomic E-state index is 5.67. The minimum atomic E-state index is 0.245. The number of nitrogens with zero attached hydrogens (tertiary/aromatic N) is 3. The molecule has 88 valence electrons. The first kappa shape index (κ1) is 13.0. The smallest absolute Gasteiger partial charge is 0.224 e. The van der Waals surface area contributed by atoms with Gasteiger partial charge in [0.15, 0.2) is 11.0 Å². The Hall–Kier alpha value is -0.410. The average molecular weight is 423 g/mol. The number of aromatic nitrogens is 3. The third-order valence-electron chi connectivity index (χ3n) is 1.98. The third-order valence-corrected chi connectivity index (χ3v) is 3.97. The van der Waals surface area contributed by atoms with Gasteiger partial charge in [-0.15, -0.1) is 0 Å². The summed E-state index contributed by atoms with van der Waals surface area (Å²) in [6.07, 6.45) is 1.91. The molecular weight excluding hydrogens is 415 g/mol. The Morgan fingerprint density at radius 3 is 2.76 bits per heavy atom. The van der Waals surface area contributed by atoms with Crippen LogP contribution in [0.25, 0.3) is 11.4 Å². The Kier molecular flexibility index (Phi) is 4.21. The number of anilines is 1. The molecule has 2 N–H and O–H groups in total. The normalized spacial score (nSPS) is 10.5. The summed E-state index contributed by atoms with van der Waals surface area (Å²) in [5.41, 5.74) is 6.62. The molecule has 0 spiro atoms. The SMILES string of the molecule is CSc1nc(N)nc(-c2cc(Br)ccc2I)n1. The summed E-state index contributed by atoms with van der Waals surface area (Å²) < 4.78 is 2.06. The van der Waals surface area contributed by atoms with Gasteiger partial charge >= 0.3 is 0 Å². The van der Waals surface area contributed by atoms with E-state index in [1.807, 2.05) is 24.5 Å². The Balaban J connectivity index is 2.59. The van der Waals surface area contributed by atoms with Crippen LogP contribution in [-0.4, -0.2) is 21.2 Å². The largest absolute Gasteiger partial charge is 0.368 e. The van der Waals surface area contributed by atoms with Crippen molar-refractivity contribution in [1.82, 2.24) is 15.0 Å². The third kappa shape index (κ3) is 3.08. The predicted octanol–water partition coefficient (Wildman–Crippen LogP) is 3.21. The molecule has 0 fully saturated rings. The highest BCUT2D eigenvalue weighted by Gasteiger charge is 2.10. The lowest BCUT2D eigenvalue weighted by Crippen LogP contribution is -2.02. The second kappa shape index (κ2) is 5.49. The molecular formula is C10H8BrIN4S. The zero-order valence-electron chi connectivity index (χ0n) is 8.82. The lowest BCUT2D eigenvalue weighted by Gasteiger charge is -2.05. The average Bonchev–Trinajstić information content (AvgIpc) is 2.31. The van der Waals surface area contributed by atoms with Crippen molar-refractivity contribution >= 4 is 56.2 Å². The Bertz CT molecular complexity index is 564. The lowest BCUT2D eigenvalue weighted by atomic mass is 10.2. The summed E-state index contributed by atoms with van der Waals surface area (Å²) in [4.78, 5) is 12.6. The van der Waals surface area contributed by atoms with Gasteiger partial charge in [-0.1, -0.05) is 27.7 Å². The molecule has 17 heavy (non-hydrogen) atoms. The first-order valence-corrected chi connectivity index (χ1v) is 7.71. The fraction of sp³-hybridized carbons (Fsp3) is 0.100. The first-order valence-electron chi connectivity index (χ1n) is 4.61. The number of thioether (sulfide) groups is 1. The molecule has 0 amide bonds. The lowest BCUT2D eigenvalue weighted by molar-refractivity contribution is 0.926. The molecule has 2 rings (SSSR count). The fourth-order valence-corrected chi connectivity index (χ4v) is 2.55. The highest BCUT2D eigenvalue weighted by atomic mass is 127. The molecule has 1 aromatic heterocycles. The van der Waals surface area contributed by atoms with Crippen LogP contribution >= 0.6 is 50.3 Å². The van der Waals surface area contributed by atoms with Crippen molar-refractivity contribution in [3.05, 3.63) is 26.2 Å². The molecule has 4 nitrogen and oxygen atoms in total. The van der Waals surface area contributed by atoms with E-state index in [2.05, 4.69) is 53.5 Å². The zero-order chi connectivity index (χ0) is 12.4. The van der Waals surface area contributed by atoms with E-state index in [9.17, 15) is 0 Å². The van der Waals surface area contributed by atoms with E-state index in [0.29, 0.717) is 11.0 Å². The van der Waals surface area contributed by atoms with Crippen molar-refractivity contribution in [3.63, 3.8) is 0 Å². The van der Waals surface area contributed by atoms with E-state index in [0.717, 1.165) is 13.6 Å². The summed E-state index contributed by atoms with van der Waals surface area (Å²) >= 11 is 7.13. The summed E-state index contributed by atoms with van der Waals surface area (Å²) in [7, 11) is 0. The quantitative estimate of drug-likeness (QED) is 0.594. The van der Waals surface area contributed by atoms with Gasteiger partial charge in [0, 0.05) is 13.6 Å². The number of hydrogen-bond donors (Lipinski definition) is 1. The van der Waals surface area contributed by atoms with Crippen molar-refractivity contribution in [1.29, 1.82) is 0 Å². The molecule has 0 saturated carbocycles. The van der Waals surface area contributed by atoms with E-state index in [1.165, 1.54) is 11.8 Å². The molecule has 0 atom stereocenters. The topological polar surface area (TPSA) is 64.7 Å². The van der Waals surface area contributed by atoms with Gasteiger partial charge in [0.1, 0.15) is 0 Å². The monoisotopic (exact) mass is 422 g/mol. The minimum absolute atomic E-state index is 0.245. The van der Waals surface area contributed by atoms with Crippen LogP contribution in [0.3, 0.4) is 0 Å². The van der Waals surface area contributed by atoms with Gasteiger partial charge in [-0.05, 0) is 47.0 Å². The summed E-state index contributed by atoms with van der Waals surface area (Å²) in [5.74, 6) is 0.850. The van der Waals surface area contributed by atoms with Gasteiger partial charge in [-0.3, -0.25) is 0 Å². The Morgan fingerprint density at radius 1 is 1.29 bits per heavy atom. The van der Waals surface area contributed by atoms with Crippen LogP contribution in [0.4, 0.5) is 5.95 Å². The number of nitrogen functional groups attached to an aromatic ring is 1. The maximum atomic E-state index is 5.67. The van der Waals surface area contributed by atoms with E-state index in [4.69, 9.17) is 5.73 Å². The van der Waals surface area contributed by atoms with Gasteiger partial charge in [0.25, 0.3) is 0 Å². The van der Waals surface area contributed by atoms with Gasteiger partial charge in [-0.25, -0.2) is 4.98 Å². The van der Waals surface area contributed by atoms with Crippen molar-refractivity contribution in [3.8, 4) is 11.4 Å². The molecule has 0 bridgehead atoms. The van der Waals surface area contributed by atoms with E-state index >= 15 is 0 Å². The molecule has 0 aliphatic rings. The molecule has 0 saturated heterocycles. The number of hydrogen-bond acceptors (Lipinski definition) is 5. The first-order chi connectivity index (χ1) is 8.10. The van der Waals surface area contributed by atoms with Gasteiger partial charge < -0.3 is 5.73 Å². The standard InChI is InChI=1S/C10H8BrIN4S/c1-17-10-15-8(14-9(13)16-10)6-4-5(11)2-3-7(6)12/h2-4H,1H3,(H2,13,14,15,16). The summed E-state index contributed by atoms with van der Waals surface area (Å²) in [6, 6.07) is 5.95. The van der Waals surface area contributed by atoms with E-state index < -0.39 is 0 Å². The van der Waals surface area contributed by atoms with Crippen molar-refractivity contribution < 1.29 is 0 Å². The summed E-state index contributed by atoms with van der Waals surface area (Å²) in [5, 5.41) is 0.628. The minimum Gasteiger partial charge on any atom is -0.368 e. The molecule has 2 aromatic rings. The number of halogens is 2. The fourth-order valence-electron chi connectivity index (χ4n) is 1.25. The van der Waals surface area contributed by atoms with Gasteiger partial charge in [0.05, 0.1) is 0 Å². The molecule has 1 aromatic carbocycles. The van der Waals surface area contributed by atoms with Crippen LogP contribution in [0.15, 0.2) is 27.8 Å². The van der Waals surface area contributed by atoms with Crippen molar-refractivity contribution in [2.24, 2.45) is 0 Å². The highest BCUT2D eigenvalue weighted by molar-refractivity contribution is 14.1. The van der Waals surface area contributed by atoms with Crippen molar-refractivity contribution in [2.75, 3.05) is 12.0 Å². The zero-order valence-corrected chi connectivity index (χ0v) is 13.4. The Morgan fingerprint density at radius 2 is 2.06 bits per heavy atom. The number of nitrogens with two attached hydrogens (primary N) is 1. The van der Waals surface area contributed by atoms with Crippen molar-refractivity contribution in [2.45, 2.75) is 5.16 Å².